The molecule has 0 saturated carbocycles. The van der Waals surface area contributed by atoms with Gasteiger partial charge in [-0.05, 0) is 25.0 Å². The fraction of sp³-hybridized carbons (Fsp3) is 0.500. The lowest BCUT2D eigenvalue weighted by atomic mass is 10.3. The average molecular weight is 230 g/mol. The van der Waals surface area contributed by atoms with Crippen molar-refractivity contribution in [3.63, 3.8) is 0 Å². The Hall–Kier alpha value is -1.00. The summed E-state index contributed by atoms with van der Waals surface area (Å²) >= 11 is 5.75. The number of aromatic nitrogens is 1. The maximum Gasteiger partial charge on any atom is 0.150 e. The van der Waals surface area contributed by atoms with Crippen LogP contribution in [0.3, 0.4) is 0 Å². The van der Waals surface area contributed by atoms with Crippen LogP contribution in [-0.2, 0) is 4.74 Å². The molecule has 0 aliphatic rings. The summed E-state index contributed by atoms with van der Waals surface area (Å²) < 4.78 is 4.95. The van der Waals surface area contributed by atoms with Crippen LogP contribution in [0.15, 0.2) is 12.1 Å². The van der Waals surface area contributed by atoms with Gasteiger partial charge in [0.25, 0.3) is 0 Å². The van der Waals surface area contributed by atoms with Gasteiger partial charge in [-0.25, -0.2) is 4.98 Å². The molecule has 0 unspecified atom stereocenters. The maximum absolute atomic E-state index is 5.75. The van der Waals surface area contributed by atoms with Gasteiger partial charge in [-0.1, -0.05) is 11.6 Å². The van der Waals surface area contributed by atoms with E-state index in [4.69, 9.17) is 22.1 Å². The molecular weight excluding hydrogens is 214 g/mol. The van der Waals surface area contributed by atoms with Crippen molar-refractivity contribution in [3.05, 3.63) is 17.3 Å². The van der Waals surface area contributed by atoms with Gasteiger partial charge in [-0.3, -0.25) is 0 Å². The molecule has 5 heteroatoms. The largest absolute Gasteiger partial charge is 0.396 e. The highest BCUT2D eigenvalue weighted by Gasteiger charge is 2.00. The van der Waals surface area contributed by atoms with Crippen LogP contribution < -0.4 is 11.1 Å². The normalized spacial score (nSPS) is 10.3. The van der Waals surface area contributed by atoms with Crippen LogP contribution in [0.5, 0.6) is 0 Å². The van der Waals surface area contributed by atoms with E-state index >= 15 is 0 Å². The number of pyridine rings is 1. The molecule has 84 valence electrons. The molecule has 0 aromatic carbocycles. The third kappa shape index (κ3) is 4.36. The molecule has 1 aromatic rings. The molecule has 0 fully saturated rings. The highest BCUT2D eigenvalue weighted by Crippen LogP contribution is 2.18. The highest BCUT2D eigenvalue weighted by molar-refractivity contribution is 6.29. The number of nitrogen functional groups attached to an aromatic ring is 1. The first kappa shape index (κ1) is 12.1. The summed E-state index contributed by atoms with van der Waals surface area (Å²) in [7, 11) is 1.70. The smallest absolute Gasteiger partial charge is 0.150 e. The number of methoxy groups -OCH3 is 1. The first-order valence-electron chi connectivity index (χ1n) is 4.89. The van der Waals surface area contributed by atoms with E-state index in [9.17, 15) is 0 Å². The molecule has 0 aliphatic carbocycles. The first-order valence-corrected chi connectivity index (χ1v) is 5.26. The molecule has 15 heavy (non-hydrogen) atoms. The zero-order valence-corrected chi connectivity index (χ0v) is 9.55. The number of nitrogens with two attached hydrogens (primary N) is 1. The Morgan fingerprint density at radius 1 is 1.47 bits per heavy atom. The lowest BCUT2D eigenvalue weighted by molar-refractivity contribution is 0.194. The van der Waals surface area contributed by atoms with E-state index < -0.39 is 0 Å². The molecule has 0 saturated heterocycles. The molecule has 0 bridgehead atoms. The lowest BCUT2D eigenvalue weighted by Crippen LogP contribution is -2.07. The van der Waals surface area contributed by atoms with Crippen LogP contribution in [0.4, 0.5) is 11.5 Å². The van der Waals surface area contributed by atoms with Gasteiger partial charge in [0.2, 0.25) is 0 Å². The average Bonchev–Trinajstić information content (AvgIpc) is 2.23. The number of halogens is 1. The van der Waals surface area contributed by atoms with E-state index in [1.165, 1.54) is 0 Å². The van der Waals surface area contributed by atoms with Crippen LogP contribution in [0.1, 0.15) is 12.8 Å². The standard InChI is InChI=1S/C10H16ClN3O/c1-15-7-3-2-6-13-10-8(12)4-5-9(11)14-10/h4-5H,2-3,6-7,12H2,1H3,(H,13,14). The van der Waals surface area contributed by atoms with Gasteiger partial charge in [0.1, 0.15) is 5.15 Å². The van der Waals surface area contributed by atoms with E-state index in [1.54, 1.807) is 19.2 Å². The third-order valence-corrected chi connectivity index (χ3v) is 2.17. The summed E-state index contributed by atoms with van der Waals surface area (Å²) in [5, 5.41) is 3.58. The van der Waals surface area contributed by atoms with Crippen LogP contribution >= 0.6 is 11.6 Å². The summed E-state index contributed by atoms with van der Waals surface area (Å²) in [4.78, 5) is 4.09. The van der Waals surface area contributed by atoms with Crippen LogP contribution in [0.2, 0.25) is 5.15 Å². The van der Waals surface area contributed by atoms with Gasteiger partial charge in [-0.2, -0.15) is 0 Å². The number of nitrogens with zero attached hydrogens (tertiary/aromatic N) is 1. The van der Waals surface area contributed by atoms with Crippen LogP contribution in [-0.4, -0.2) is 25.2 Å². The minimum atomic E-state index is 0.448. The molecule has 0 aliphatic heterocycles. The maximum atomic E-state index is 5.75. The van der Waals surface area contributed by atoms with E-state index in [0.717, 1.165) is 26.0 Å². The van der Waals surface area contributed by atoms with Crippen molar-refractivity contribution < 1.29 is 4.74 Å². The van der Waals surface area contributed by atoms with E-state index in [1.807, 2.05) is 0 Å². The van der Waals surface area contributed by atoms with Crippen molar-refractivity contribution in [2.45, 2.75) is 12.8 Å². The summed E-state index contributed by atoms with van der Waals surface area (Å²) in [5.74, 6) is 0.653. The molecule has 1 rings (SSSR count). The van der Waals surface area contributed by atoms with Gasteiger partial charge in [-0.15, -0.1) is 0 Å². The minimum Gasteiger partial charge on any atom is -0.396 e. The van der Waals surface area contributed by atoms with Gasteiger partial charge < -0.3 is 15.8 Å². The predicted molar refractivity (Wildman–Crippen MR) is 63.3 cm³/mol. The molecule has 1 aromatic heterocycles. The highest BCUT2D eigenvalue weighted by atomic mass is 35.5. The number of rotatable bonds is 6. The topological polar surface area (TPSA) is 60.2 Å². The Morgan fingerprint density at radius 2 is 2.27 bits per heavy atom. The van der Waals surface area contributed by atoms with Crippen molar-refractivity contribution in [2.75, 3.05) is 31.3 Å². The van der Waals surface area contributed by atoms with Crippen molar-refractivity contribution in [1.82, 2.24) is 4.98 Å². The fourth-order valence-electron chi connectivity index (χ4n) is 1.17. The zero-order chi connectivity index (χ0) is 11.1. The number of hydrogen-bond acceptors (Lipinski definition) is 4. The molecule has 0 spiro atoms. The number of anilines is 2. The molecule has 1 heterocycles. The molecule has 0 atom stereocenters. The Morgan fingerprint density at radius 3 is 3.00 bits per heavy atom. The summed E-state index contributed by atoms with van der Waals surface area (Å²) in [6.07, 6.45) is 2.03. The van der Waals surface area contributed by atoms with Crippen LogP contribution in [0.25, 0.3) is 0 Å². The van der Waals surface area contributed by atoms with Gasteiger partial charge in [0.15, 0.2) is 5.82 Å². The predicted octanol–water partition coefficient (Wildman–Crippen LogP) is 2.16. The molecule has 0 radical (unpaired) electrons. The third-order valence-electron chi connectivity index (χ3n) is 1.96. The summed E-state index contributed by atoms with van der Waals surface area (Å²) in [6, 6.07) is 3.42. The first-order chi connectivity index (χ1) is 7.24. The second-order valence-electron chi connectivity index (χ2n) is 3.20. The van der Waals surface area contributed by atoms with E-state index in [2.05, 4.69) is 10.3 Å². The Bertz CT molecular complexity index is 307. The molecular formula is C10H16ClN3O. The van der Waals surface area contributed by atoms with E-state index in [0.29, 0.717) is 16.7 Å². The van der Waals surface area contributed by atoms with Crippen molar-refractivity contribution in [3.8, 4) is 0 Å². The van der Waals surface area contributed by atoms with Crippen molar-refractivity contribution in [1.29, 1.82) is 0 Å². The van der Waals surface area contributed by atoms with Crippen molar-refractivity contribution >= 4 is 23.1 Å². The number of ether oxygens (including phenoxy) is 1. The van der Waals surface area contributed by atoms with Gasteiger partial charge in [0.05, 0.1) is 5.69 Å². The second kappa shape index (κ2) is 6.48. The Labute approximate surface area is 94.8 Å². The zero-order valence-electron chi connectivity index (χ0n) is 8.79. The number of nitrogens with one attached hydrogen (secondary N) is 1. The fourth-order valence-corrected chi connectivity index (χ4v) is 1.31. The van der Waals surface area contributed by atoms with Gasteiger partial charge in [0, 0.05) is 20.3 Å². The van der Waals surface area contributed by atoms with E-state index in [-0.39, 0.29) is 0 Å². The quantitative estimate of drug-likeness (QED) is 0.580. The Balaban J connectivity index is 2.33. The van der Waals surface area contributed by atoms with Gasteiger partial charge >= 0.3 is 0 Å². The lowest BCUT2D eigenvalue weighted by Gasteiger charge is -2.07. The van der Waals surface area contributed by atoms with Crippen molar-refractivity contribution in [2.24, 2.45) is 0 Å². The molecule has 0 amide bonds. The molecule has 4 nitrogen and oxygen atoms in total. The molecule has 3 N–H and O–H groups in total. The SMILES string of the molecule is COCCCCNc1nc(Cl)ccc1N. The monoisotopic (exact) mass is 229 g/mol. The second-order valence-corrected chi connectivity index (χ2v) is 3.59. The minimum absolute atomic E-state index is 0.448. The number of unbranched alkanes of at least 4 members (excludes halogenated alkanes) is 1. The number of hydrogen-bond donors (Lipinski definition) is 2. The Kier molecular flexibility index (Phi) is 5.21. The summed E-state index contributed by atoms with van der Waals surface area (Å²) in [5.41, 5.74) is 6.34. The van der Waals surface area contributed by atoms with Crippen LogP contribution in [0, 0.1) is 0 Å². The summed E-state index contributed by atoms with van der Waals surface area (Å²) in [6.45, 7) is 1.60.